The summed E-state index contributed by atoms with van der Waals surface area (Å²) in [5.41, 5.74) is 1.07. The molecular formula is C11H13ClFN. The van der Waals surface area contributed by atoms with Gasteiger partial charge in [-0.15, -0.1) is 0 Å². The van der Waals surface area contributed by atoms with Crippen molar-refractivity contribution >= 4 is 11.6 Å². The normalized spacial score (nSPS) is 22.3. The summed E-state index contributed by atoms with van der Waals surface area (Å²) >= 11 is 6.00. The van der Waals surface area contributed by atoms with Gasteiger partial charge in [-0.3, -0.25) is 0 Å². The summed E-state index contributed by atoms with van der Waals surface area (Å²) < 4.78 is 12.8. The van der Waals surface area contributed by atoms with Crippen molar-refractivity contribution in [2.45, 2.75) is 18.8 Å². The molecule has 1 nitrogen and oxygen atoms in total. The van der Waals surface area contributed by atoms with Gasteiger partial charge in [-0.05, 0) is 43.0 Å². The zero-order chi connectivity index (χ0) is 9.97. The summed E-state index contributed by atoms with van der Waals surface area (Å²) in [5.74, 6) is 0.180. The quantitative estimate of drug-likeness (QED) is 0.757. The molecule has 1 saturated heterocycles. The fourth-order valence-electron chi connectivity index (χ4n) is 1.95. The van der Waals surface area contributed by atoms with Gasteiger partial charge in [0.05, 0.1) is 0 Å². The van der Waals surface area contributed by atoms with E-state index in [9.17, 15) is 4.39 Å². The van der Waals surface area contributed by atoms with Crippen molar-refractivity contribution in [3.8, 4) is 0 Å². The van der Waals surface area contributed by atoms with Gasteiger partial charge >= 0.3 is 0 Å². The minimum atomic E-state index is -0.262. The molecule has 0 amide bonds. The van der Waals surface area contributed by atoms with E-state index in [-0.39, 0.29) is 5.82 Å². The summed E-state index contributed by atoms with van der Waals surface area (Å²) in [6.45, 7) is 2.03. The lowest BCUT2D eigenvalue weighted by atomic mass is 9.92. The van der Waals surface area contributed by atoms with Crippen molar-refractivity contribution in [3.05, 3.63) is 34.6 Å². The predicted octanol–water partition coefficient (Wildman–Crippen LogP) is 2.95. The zero-order valence-electron chi connectivity index (χ0n) is 7.89. The van der Waals surface area contributed by atoms with Gasteiger partial charge in [-0.1, -0.05) is 17.7 Å². The highest BCUT2D eigenvalue weighted by atomic mass is 35.5. The van der Waals surface area contributed by atoms with Crippen LogP contribution in [0.5, 0.6) is 0 Å². The minimum absolute atomic E-state index is 0.262. The predicted molar refractivity (Wildman–Crippen MR) is 56.3 cm³/mol. The number of rotatable bonds is 1. The second-order valence-electron chi connectivity index (χ2n) is 3.71. The second kappa shape index (κ2) is 4.28. The average Bonchev–Trinajstić information content (AvgIpc) is 2.19. The lowest BCUT2D eigenvalue weighted by molar-refractivity contribution is 0.461. The first kappa shape index (κ1) is 9.94. The molecule has 0 aliphatic carbocycles. The van der Waals surface area contributed by atoms with Gasteiger partial charge in [0, 0.05) is 11.6 Å². The number of piperidine rings is 1. The highest BCUT2D eigenvalue weighted by Gasteiger charge is 2.17. The monoisotopic (exact) mass is 213 g/mol. The van der Waals surface area contributed by atoms with Crippen LogP contribution < -0.4 is 5.32 Å². The van der Waals surface area contributed by atoms with Crippen molar-refractivity contribution in [2.75, 3.05) is 13.1 Å². The zero-order valence-corrected chi connectivity index (χ0v) is 8.65. The van der Waals surface area contributed by atoms with Crippen molar-refractivity contribution in [1.82, 2.24) is 5.32 Å². The molecule has 2 rings (SSSR count). The smallest absolute Gasteiger partial charge is 0.124 e. The van der Waals surface area contributed by atoms with Crippen molar-refractivity contribution in [1.29, 1.82) is 0 Å². The molecule has 1 fully saturated rings. The molecule has 0 aromatic heterocycles. The van der Waals surface area contributed by atoms with E-state index in [2.05, 4.69) is 5.32 Å². The topological polar surface area (TPSA) is 12.0 Å². The van der Waals surface area contributed by atoms with Crippen LogP contribution in [-0.2, 0) is 0 Å². The van der Waals surface area contributed by atoms with Crippen LogP contribution in [-0.4, -0.2) is 13.1 Å². The van der Waals surface area contributed by atoms with E-state index in [1.165, 1.54) is 18.6 Å². The van der Waals surface area contributed by atoms with Crippen LogP contribution in [0.2, 0.25) is 5.02 Å². The molecule has 76 valence electrons. The van der Waals surface area contributed by atoms with Gasteiger partial charge in [0.25, 0.3) is 0 Å². The molecule has 1 atom stereocenters. The average molecular weight is 214 g/mol. The molecule has 3 heteroatoms. The number of hydrogen-bond acceptors (Lipinski definition) is 1. The molecular weight excluding hydrogens is 201 g/mol. The van der Waals surface area contributed by atoms with Crippen LogP contribution in [0.4, 0.5) is 4.39 Å². The molecule has 1 heterocycles. The van der Waals surface area contributed by atoms with E-state index < -0.39 is 0 Å². The van der Waals surface area contributed by atoms with Crippen molar-refractivity contribution in [3.63, 3.8) is 0 Å². The first-order valence-corrected chi connectivity index (χ1v) is 5.31. The minimum Gasteiger partial charge on any atom is -0.316 e. The van der Waals surface area contributed by atoms with Gasteiger partial charge in [0.1, 0.15) is 5.82 Å². The summed E-state index contributed by atoms with van der Waals surface area (Å²) in [6, 6.07) is 4.68. The molecule has 0 saturated carbocycles. The largest absolute Gasteiger partial charge is 0.316 e. The van der Waals surface area contributed by atoms with Gasteiger partial charge in [-0.2, -0.15) is 0 Å². The Bertz CT molecular complexity index is 321. The Labute approximate surface area is 88.3 Å². The Hall–Kier alpha value is -0.600. The third-order valence-corrected chi connectivity index (χ3v) is 3.03. The molecule has 0 radical (unpaired) electrons. The van der Waals surface area contributed by atoms with Gasteiger partial charge < -0.3 is 5.32 Å². The second-order valence-corrected chi connectivity index (χ2v) is 4.12. The maximum absolute atomic E-state index is 12.8. The van der Waals surface area contributed by atoms with Crippen molar-refractivity contribution < 1.29 is 4.39 Å². The third-order valence-electron chi connectivity index (χ3n) is 2.70. The Morgan fingerprint density at radius 1 is 1.43 bits per heavy atom. The SMILES string of the molecule is Fc1ccc([C@H]2CCCNC2)c(Cl)c1. The fourth-order valence-corrected chi connectivity index (χ4v) is 2.27. The number of nitrogens with one attached hydrogen (secondary N) is 1. The molecule has 1 aromatic carbocycles. The lowest BCUT2D eigenvalue weighted by Gasteiger charge is -2.23. The van der Waals surface area contributed by atoms with E-state index in [1.807, 2.05) is 0 Å². The van der Waals surface area contributed by atoms with E-state index in [0.29, 0.717) is 10.9 Å². The Morgan fingerprint density at radius 3 is 2.93 bits per heavy atom. The molecule has 1 aromatic rings. The summed E-state index contributed by atoms with van der Waals surface area (Å²) in [7, 11) is 0. The van der Waals surface area contributed by atoms with E-state index in [4.69, 9.17) is 11.6 Å². The summed E-state index contributed by atoms with van der Waals surface area (Å²) in [5, 5.41) is 3.88. The Balaban J connectivity index is 2.22. The van der Waals surface area contributed by atoms with Gasteiger partial charge in [-0.25, -0.2) is 4.39 Å². The molecule has 1 N–H and O–H groups in total. The van der Waals surface area contributed by atoms with E-state index in [0.717, 1.165) is 25.1 Å². The highest BCUT2D eigenvalue weighted by molar-refractivity contribution is 6.31. The lowest BCUT2D eigenvalue weighted by Crippen LogP contribution is -2.28. The van der Waals surface area contributed by atoms with Gasteiger partial charge in [0.2, 0.25) is 0 Å². The molecule has 14 heavy (non-hydrogen) atoms. The number of benzene rings is 1. The third kappa shape index (κ3) is 2.07. The molecule has 1 aliphatic heterocycles. The van der Waals surface area contributed by atoms with E-state index in [1.54, 1.807) is 6.07 Å². The van der Waals surface area contributed by atoms with Gasteiger partial charge in [0.15, 0.2) is 0 Å². The Morgan fingerprint density at radius 2 is 2.29 bits per heavy atom. The number of halogens is 2. The summed E-state index contributed by atoms with van der Waals surface area (Å²) in [4.78, 5) is 0. The Kier molecular flexibility index (Phi) is 3.04. The first-order chi connectivity index (χ1) is 6.77. The summed E-state index contributed by atoms with van der Waals surface area (Å²) in [6.07, 6.45) is 2.30. The standard InChI is InChI=1S/C11H13ClFN/c12-11-6-9(13)3-4-10(11)8-2-1-5-14-7-8/h3-4,6,8,14H,1-2,5,7H2/t8-/m0/s1. The van der Waals surface area contributed by atoms with Crippen LogP contribution in [0.3, 0.4) is 0 Å². The van der Waals surface area contributed by atoms with Crippen LogP contribution >= 0.6 is 11.6 Å². The van der Waals surface area contributed by atoms with Crippen LogP contribution in [0, 0.1) is 5.82 Å². The van der Waals surface area contributed by atoms with Crippen LogP contribution in [0.25, 0.3) is 0 Å². The van der Waals surface area contributed by atoms with E-state index >= 15 is 0 Å². The maximum Gasteiger partial charge on any atom is 0.124 e. The molecule has 0 spiro atoms. The molecule has 0 bridgehead atoms. The maximum atomic E-state index is 12.8. The van der Waals surface area contributed by atoms with Crippen LogP contribution in [0.1, 0.15) is 24.3 Å². The van der Waals surface area contributed by atoms with Crippen LogP contribution in [0.15, 0.2) is 18.2 Å². The number of hydrogen-bond donors (Lipinski definition) is 1. The molecule has 1 aliphatic rings. The fraction of sp³-hybridized carbons (Fsp3) is 0.455. The first-order valence-electron chi connectivity index (χ1n) is 4.93. The molecule has 0 unspecified atom stereocenters. The highest BCUT2D eigenvalue weighted by Crippen LogP contribution is 2.29. The van der Waals surface area contributed by atoms with Crippen molar-refractivity contribution in [2.24, 2.45) is 0 Å².